The topological polar surface area (TPSA) is 70.8 Å². The van der Waals surface area contributed by atoms with Gasteiger partial charge in [-0.3, -0.25) is 9.98 Å². The van der Waals surface area contributed by atoms with E-state index >= 15 is 0 Å². The second-order valence-electron chi connectivity index (χ2n) is 5.80. The van der Waals surface area contributed by atoms with E-state index in [4.69, 9.17) is 0 Å². The first-order valence-corrected chi connectivity index (χ1v) is 8.46. The molecule has 0 aliphatic heterocycles. The molecule has 0 saturated heterocycles. The molecule has 0 fully saturated rings. The van der Waals surface area contributed by atoms with Gasteiger partial charge in [0.25, 0.3) is 0 Å². The van der Waals surface area contributed by atoms with E-state index in [0.29, 0.717) is 35.6 Å². The molecule has 0 amide bonds. The first-order chi connectivity index (χ1) is 12.6. The van der Waals surface area contributed by atoms with Crippen LogP contribution in [0.3, 0.4) is 0 Å². The number of hydrogen-bond donors (Lipinski definition) is 0. The van der Waals surface area contributed by atoms with Gasteiger partial charge in [0.2, 0.25) is 0 Å². The minimum absolute atomic E-state index is 0. The molecule has 1 radical (unpaired) electrons. The fourth-order valence-corrected chi connectivity index (χ4v) is 2.29. The Kier molecular flexibility index (Phi) is 9.86. The standard InChI is InChI=1S/C22H24N2O2.Co/c1-17(15-21(25)19-9-5-3-6-10-19)23-13-14-24-18(2)16-22(26)20-11-7-4-8-12-20;/h3-12,15-16,25-26H,13-14H2,1-2H3;/q;+2/p-2/b21-15-,22-16-,23-17?,24-18?;. The Hall–Kier alpha value is -2.63. The summed E-state index contributed by atoms with van der Waals surface area (Å²) in [7, 11) is 0. The zero-order chi connectivity index (χ0) is 18.8. The molecule has 2 aromatic rings. The molecule has 27 heavy (non-hydrogen) atoms. The second kappa shape index (κ2) is 11.9. The Morgan fingerprint density at radius 3 is 1.37 bits per heavy atom. The van der Waals surface area contributed by atoms with Crippen molar-refractivity contribution in [3.8, 4) is 0 Å². The molecule has 0 atom stereocenters. The minimum atomic E-state index is -0.0617. The van der Waals surface area contributed by atoms with Gasteiger partial charge in [-0.25, -0.2) is 0 Å². The predicted molar refractivity (Wildman–Crippen MR) is 105 cm³/mol. The zero-order valence-electron chi connectivity index (χ0n) is 15.4. The molecule has 0 bridgehead atoms. The van der Waals surface area contributed by atoms with Crippen molar-refractivity contribution < 1.29 is 27.0 Å². The van der Waals surface area contributed by atoms with Crippen molar-refractivity contribution in [2.24, 2.45) is 9.98 Å². The summed E-state index contributed by atoms with van der Waals surface area (Å²) >= 11 is 0. The Labute approximate surface area is 170 Å². The van der Waals surface area contributed by atoms with Gasteiger partial charge < -0.3 is 10.2 Å². The van der Waals surface area contributed by atoms with Crippen molar-refractivity contribution in [2.75, 3.05) is 13.1 Å². The molecule has 0 aromatic heterocycles. The third-order valence-corrected chi connectivity index (χ3v) is 3.62. The second-order valence-corrected chi connectivity index (χ2v) is 5.80. The smallest absolute Gasteiger partial charge is 0.872 e. The number of rotatable bonds is 7. The summed E-state index contributed by atoms with van der Waals surface area (Å²) in [6.45, 7) is 4.52. The quantitative estimate of drug-likeness (QED) is 0.404. The summed E-state index contributed by atoms with van der Waals surface area (Å²) in [6.07, 6.45) is 3.05. The van der Waals surface area contributed by atoms with Gasteiger partial charge in [-0.05, 0) is 37.1 Å². The molecule has 0 aliphatic rings. The van der Waals surface area contributed by atoms with Crippen molar-refractivity contribution in [2.45, 2.75) is 13.8 Å². The van der Waals surface area contributed by atoms with Crippen LogP contribution < -0.4 is 10.2 Å². The molecular formula is C22H22CoN2O2. The van der Waals surface area contributed by atoms with Gasteiger partial charge in [-0.15, -0.1) is 0 Å². The maximum absolute atomic E-state index is 12.0. The van der Waals surface area contributed by atoms with Crippen LogP contribution >= 0.6 is 0 Å². The van der Waals surface area contributed by atoms with E-state index in [1.165, 1.54) is 12.2 Å². The minimum Gasteiger partial charge on any atom is -0.872 e. The van der Waals surface area contributed by atoms with Gasteiger partial charge in [0.1, 0.15) is 0 Å². The molecular weight excluding hydrogens is 383 g/mol. The molecule has 5 heteroatoms. The number of hydrogen-bond acceptors (Lipinski definition) is 4. The average Bonchev–Trinajstić information content (AvgIpc) is 2.66. The molecule has 0 aliphatic carbocycles. The van der Waals surface area contributed by atoms with Crippen molar-refractivity contribution in [3.05, 3.63) is 83.9 Å². The summed E-state index contributed by atoms with van der Waals surface area (Å²) < 4.78 is 0. The van der Waals surface area contributed by atoms with Crippen molar-refractivity contribution in [1.82, 2.24) is 0 Å². The normalized spacial score (nSPS) is 13.3. The first kappa shape index (κ1) is 22.4. The molecule has 0 N–H and O–H groups in total. The third-order valence-electron chi connectivity index (χ3n) is 3.62. The van der Waals surface area contributed by atoms with E-state index in [2.05, 4.69) is 9.98 Å². The number of nitrogens with zero attached hydrogens (tertiary/aromatic N) is 2. The van der Waals surface area contributed by atoms with Crippen LogP contribution in [0.15, 0.2) is 82.8 Å². The van der Waals surface area contributed by atoms with Crippen LogP contribution in [0.2, 0.25) is 0 Å². The fraction of sp³-hybridized carbons (Fsp3) is 0.182. The summed E-state index contributed by atoms with van der Waals surface area (Å²) in [4.78, 5) is 8.67. The van der Waals surface area contributed by atoms with E-state index in [1.807, 2.05) is 36.4 Å². The summed E-state index contributed by atoms with van der Waals surface area (Å²) in [5, 5.41) is 24.1. The van der Waals surface area contributed by atoms with Crippen LogP contribution in [0.5, 0.6) is 0 Å². The predicted octanol–water partition coefficient (Wildman–Crippen LogP) is 2.71. The number of aliphatic imine (C=N–C) groups is 2. The van der Waals surface area contributed by atoms with Crippen LogP contribution in [0.25, 0.3) is 11.5 Å². The molecule has 4 nitrogen and oxygen atoms in total. The van der Waals surface area contributed by atoms with Crippen molar-refractivity contribution in [3.63, 3.8) is 0 Å². The van der Waals surface area contributed by atoms with E-state index in [0.717, 1.165) is 0 Å². The van der Waals surface area contributed by atoms with E-state index in [9.17, 15) is 10.2 Å². The van der Waals surface area contributed by atoms with Gasteiger partial charge in [0.15, 0.2) is 0 Å². The molecule has 0 unspecified atom stereocenters. The maximum Gasteiger partial charge on any atom is 2.00 e. The van der Waals surface area contributed by atoms with Gasteiger partial charge in [-0.2, -0.15) is 0 Å². The molecule has 0 heterocycles. The van der Waals surface area contributed by atoms with Crippen molar-refractivity contribution >= 4 is 22.9 Å². The molecule has 2 rings (SSSR count). The van der Waals surface area contributed by atoms with Gasteiger partial charge >= 0.3 is 16.8 Å². The first-order valence-electron chi connectivity index (χ1n) is 8.46. The Bertz CT molecular complexity index is 754. The van der Waals surface area contributed by atoms with Crippen LogP contribution in [-0.4, -0.2) is 24.5 Å². The molecule has 2 aromatic carbocycles. The van der Waals surface area contributed by atoms with E-state index < -0.39 is 0 Å². The van der Waals surface area contributed by atoms with Crippen LogP contribution in [0.1, 0.15) is 25.0 Å². The van der Waals surface area contributed by atoms with Crippen LogP contribution in [0, 0.1) is 0 Å². The summed E-state index contributed by atoms with van der Waals surface area (Å²) in [6, 6.07) is 18.2. The zero-order valence-corrected chi connectivity index (χ0v) is 16.4. The Morgan fingerprint density at radius 1 is 0.704 bits per heavy atom. The van der Waals surface area contributed by atoms with E-state index in [-0.39, 0.29) is 28.3 Å². The third kappa shape index (κ3) is 8.07. The largest absolute Gasteiger partial charge is 2.00 e. The maximum atomic E-state index is 12.0. The summed E-state index contributed by atoms with van der Waals surface area (Å²) in [5.74, 6) is -0.123. The Balaban J connectivity index is 0.00000364. The van der Waals surface area contributed by atoms with Gasteiger partial charge in [0.05, 0.1) is 13.1 Å². The van der Waals surface area contributed by atoms with Crippen LogP contribution in [0.4, 0.5) is 0 Å². The number of allylic oxidation sites excluding steroid dienone is 2. The summed E-state index contributed by atoms with van der Waals surface area (Å²) in [5.41, 5.74) is 2.61. The average molecular weight is 405 g/mol. The number of benzene rings is 2. The SMILES string of the molecule is CC(/C=C(\[O-])c1ccccc1)=NCCN=C(C)/C=C(\[O-])c1ccccc1.[Co+2]. The Morgan fingerprint density at radius 2 is 1.04 bits per heavy atom. The molecule has 0 saturated carbocycles. The van der Waals surface area contributed by atoms with Crippen molar-refractivity contribution in [1.29, 1.82) is 0 Å². The molecule has 0 spiro atoms. The van der Waals surface area contributed by atoms with Crippen LogP contribution in [-0.2, 0) is 16.8 Å². The van der Waals surface area contributed by atoms with E-state index in [1.54, 1.807) is 38.1 Å². The fourth-order valence-electron chi connectivity index (χ4n) is 2.29. The monoisotopic (exact) mass is 405 g/mol. The van der Waals surface area contributed by atoms with Gasteiger partial charge in [-0.1, -0.05) is 72.2 Å². The molecule has 141 valence electrons. The van der Waals surface area contributed by atoms with Gasteiger partial charge in [0, 0.05) is 11.4 Å².